The molecule has 4 aromatic rings. The molecule has 6 nitrogen and oxygen atoms in total. The van der Waals surface area contributed by atoms with Gasteiger partial charge in [0, 0.05) is 29.3 Å². The van der Waals surface area contributed by atoms with E-state index in [4.69, 9.17) is 4.98 Å². The summed E-state index contributed by atoms with van der Waals surface area (Å²) in [5.74, 6) is 0.973. The number of fused-ring (bicyclic) bond motifs is 2. The molecule has 1 aliphatic rings. The number of aryl methyl sites for hydroxylation is 1. The molecule has 4 aromatic heterocycles. The number of H-pyrrole nitrogens is 1. The summed E-state index contributed by atoms with van der Waals surface area (Å²) in [5.41, 5.74) is 6.81. The molecule has 5 rings (SSSR count). The van der Waals surface area contributed by atoms with Gasteiger partial charge in [-0.25, -0.2) is 14.5 Å². The molecule has 0 radical (unpaired) electrons. The Morgan fingerprint density at radius 2 is 1.93 bits per heavy atom. The lowest BCUT2D eigenvalue weighted by atomic mass is 9.96. The Balaban J connectivity index is 1.53. The molecule has 1 fully saturated rings. The summed E-state index contributed by atoms with van der Waals surface area (Å²) < 4.78 is 1.87. The van der Waals surface area contributed by atoms with Gasteiger partial charge in [0.25, 0.3) is 0 Å². The zero-order valence-corrected chi connectivity index (χ0v) is 19.3. The van der Waals surface area contributed by atoms with E-state index < -0.39 is 0 Å². The first kappa shape index (κ1) is 19.7. The van der Waals surface area contributed by atoms with Crippen LogP contribution in [-0.2, 0) is 0 Å². The molecule has 5 heterocycles. The van der Waals surface area contributed by atoms with Crippen LogP contribution in [-0.4, -0.2) is 48.6 Å². The van der Waals surface area contributed by atoms with Crippen molar-refractivity contribution in [1.29, 1.82) is 0 Å². The third-order valence-electron chi connectivity index (χ3n) is 6.44. The van der Waals surface area contributed by atoms with E-state index in [-0.39, 0.29) is 0 Å². The minimum Gasteiger partial charge on any atom is -0.345 e. The molecule has 0 unspecified atom stereocenters. The Kier molecular flexibility index (Phi) is 4.90. The Morgan fingerprint density at radius 1 is 1.17 bits per heavy atom. The number of piperidine rings is 1. The molecule has 7 heteroatoms. The van der Waals surface area contributed by atoms with Gasteiger partial charge >= 0.3 is 0 Å². The number of hydrogen-bond acceptors (Lipinski definition) is 5. The van der Waals surface area contributed by atoms with Crippen LogP contribution in [0.5, 0.6) is 0 Å². The van der Waals surface area contributed by atoms with Gasteiger partial charge in [0.1, 0.15) is 16.7 Å². The number of hydrogen-bond donors (Lipinski definition) is 1. The summed E-state index contributed by atoms with van der Waals surface area (Å²) in [6, 6.07) is 2.84. The standard InChI is InChI=1S/C23H30N6S/c1-13(2)18-19(17-10-15(5)21-24-12-25-29(21)11-17)26-23-20(18)27-22(30-23)16-6-8-28(9-7-16)14(3)4/h10-14,16,26H,6-9H2,1-5H3. The molecule has 0 amide bonds. The van der Waals surface area contributed by atoms with E-state index >= 15 is 0 Å². The van der Waals surface area contributed by atoms with Gasteiger partial charge in [-0.3, -0.25) is 0 Å². The molecule has 0 atom stereocenters. The summed E-state index contributed by atoms with van der Waals surface area (Å²) in [6.07, 6.45) is 6.10. The Hall–Kier alpha value is -2.25. The zero-order valence-electron chi connectivity index (χ0n) is 18.4. The van der Waals surface area contributed by atoms with E-state index in [1.54, 1.807) is 6.33 Å². The lowest BCUT2D eigenvalue weighted by molar-refractivity contribution is 0.172. The van der Waals surface area contributed by atoms with Crippen LogP contribution < -0.4 is 0 Å². The Labute approximate surface area is 181 Å². The average Bonchev–Trinajstić information content (AvgIpc) is 3.41. The minimum atomic E-state index is 0.387. The Bertz CT molecular complexity index is 1190. The molecule has 1 aliphatic heterocycles. The predicted octanol–water partition coefficient (Wildman–Crippen LogP) is 5.35. The van der Waals surface area contributed by atoms with Crippen LogP contribution in [0.15, 0.2) is 18.6 Å². The number of nitrogens with one attached hydrogen (secondary N) is 1. The molecular formula is C23H30N6S. The van der Waals surface area contributed by atoms with Crippen LogP contribution >= 0.6 is 11.3 Å². The van der Waals surface area contributed by atoms with Crippen molar-refractivity contribution in [3.8, 4) is 11.3 Å². The highest BCUT2D eigenvalue weighted by atomic mass is 32.1. The average molecular weight is 423 g/mol. The third-order valence-corrected chi connectivity index (χ3v) is 7.57. The van der Waals surface area contributed by atoms with E-state index in [1.165, 1.54) is 47.0 Å². The molecular weight excluding hydrogens is 392 g/mol. The van der Waals surface area contributed by atoms with Crippen molar-refractivity contribution in [3.63, 3.8) is 0 Å². The Morgan fingerprint density at radius 3 is 2.63 bits per heavy atom. The maximum atomic E-state index is 5.18. The minimum absolute atomic E-state index is 0.387. The first-order valence-electron chi connectivity index (χ1n) is 11.0. The number of aromatic nitrogens is 5. The molecule has 0 bridgehead atoms. The number of pyridine rings is 1. The van der Waals surface area contributed by atoms with Gasteiger partial charge in [-0.05, 0) is 64.3 Å². The predicted molar refractivity (Wildman–Crippen MR) is 123 cm³/mol. The SMILES string of the molecule is Cc1cc(-c2[nH]c3sc(C4CCN(C(C)C)CC4)nc3c2C(C)C)cn2ncnc12. The summed E-state index contributed by atoms with van der Waals surface area (Å²) >= 11 is 1.85. The fraction of sp³-hybridized carbons (Fsp3) is 0.522. The third kappa shape index (κ3) is 3.24. The van der Waals surface area contributed by atoms with Crippen molar-refractivity contribution < 1.29 is 0 Å². The van der Waals surface area contributed by atoms with Crippen LogP contribution in [0.1, 0.15) is 68.5 Å². The summed E-state index contributed by atoms with van der Waals surface area (Å²) in [5, 5.41) is 5.65. The van der Waals surface area contributed by atoms with E-state index in [0.717, 1.165) is 22.3 Å². The number of nitrogens with zero attached hydrogens (tertiary/aromatic N) is 5. The van der Waals surface area contributed by atoms with Gasteiger partial charge in [-0.1, -0.05) is 13.8 Å². The van der Waals surface area contributed by atoms with Crippen molar-refractivity contribution in [2.24, 2.45) is 0 Å². The summed E-state index contributed by atoms with van der Waals surface area (Å²) in [7, 11) is 0. The topological polar surface area (TPSA) is 62.1 Å². The smallest absolute Gasteiger partial charge is 0.158 e. The summed E-state index contributed by atoms with van der Waals surface area (Å²) in [6.45, 7) is 13.5. The molecule has 1 N–H and O–H groups in total. The molecule has 1 saturated heterocycles. The number of thiazole rings is 1. The van der Waals surface area contributed by atoms with Crippen LogP contribution in [0, 0.1) is 6.92 Å². The normalized spacial score (nSPS) is 16.6. The van der Waals surface area contributed by atoms with Crippen molar-refractivity contribution in [2.45, 2.75) is 65.3 Å². The highest BCUT2D eigenvalue weighted by molar-refractivity contribution is 7.18. The van der Waals surface area contributed by atoms with Crippen molar-refractivity contribution in [3.05, 3.63) is 34.7 Å². The largest absolute Gasteiger partial charge is 0.345 e. The molecule has 158 valence electrons. The first-order valence-corrected chi connectivity index (χ1v) is 11.8. The van der Waals surface area contributed by atoms with E-state index in [9.17, 15) is 0 Å². The van der Waals surface area contributed by atoms with Crippen LogP contribution in [0.25, 0.3) is 27.3 Å². The first-order chi connectivity index (χ1) is 14.4. The van der Waals surface area contributed by atoms with Crippen LogP contribution in [0.3, 0.4) is 0 Å². The van der Waals surface area contributed by atoms with Crippen molar-refractivity contribution in [2.75, 3.05) is 13.1 Å². The van der Waals surface area contributed by atoms with Crippen LogP contribution in [0.4, 0.5) is 0 Å². The molecule has 0 aliphatic carbocycles. The lowest BCUT2D eigenvalue weighted by Crippen LogP contribution is -2.37. The fourth-order valence-corrected chi connectivity index (χ4v) is 5.91. The highest BCUT2D eigenvalue weighted by Gasteiger charge is 2.27. The van der Waals surface area contributed by atoms with E-state index in [0.29, 0.717) is 17.9 Å². The maximum Gasteiger partial charge on any atom is 0.158 e. The van der Waals surface area contributed by atoms with E-state index in [1.807, 2.05) is 15.9 Å². The quantitative estimate of drug-likeness (QED) is 0.481. The number of likely N-dealkylation sites (tertiary alicyclic amines) is 1. The van der Waals surface area contributed by atoms with Gasteiger partial charge in [0.15, 0.2) is 5.65 Å². The maximum absolute atomic E-state index is 5.18. The number of rotatable bonds is 4. The van der Waals surface area contributed by atoms with Gasteiger partial charge in [0.05, 0.1) is 10.7 Å². The fourth-order valence-electron chi connectivity index (χ4n) is 4.76. The second-order valence-electron chi connectivity index (χ2n) is 9.14. The second-order valence-corrected chi connectivity index (χ2v) is 10.2. The van der Waals surface area contributed by atoms with Crippen molar-refractivity contribution in [1.82, 2.24) is 29.5 Å². The van der Waals surface area contributed by atoms with Crippen molar-refractivity contribution >= 4 is 27.3 Å². The summed E-state index contributed by atoms with van der Waals surface area (Å²) in [4.78, 5) is 17.0. The monoisotopic (exact) mass is 422 g/mol. The molecule has 0 aromatic carbocycles. The zero-order chi connectivity index (χ0) is 21.0. The van der Waals surface area contributed by atoms with E-state index in [2.05, 4.69) is 66.8 Å². The van der Waals surface area contributed by atoms with Gasteiger partial charge in [0.2, 0.25) is 0 Å². The molecule has 0 spiro atoms. The van der Waals surface area contributed by atoms with Gasteiger partial charge in [-0.2, -0.15) is 5.10 Å². The molecule has 0 saturated carbocycles. The molecule has 30 heavy (non-hydrogen) atoms. The van der Waals surface area contributed by atoms with Crippen LogP contribution in [0.2, 0.25) is 0 Å². The lowest BCUT2D eigenvalue weighted by Gasteiger charge is -2.33. The van der Waals surface area contributed by atoms with Gasteiger partial charge < -0.3 is 9.88 Å². The van der Waals surface area contributed by atoms with Gasteiger partial charge in [-0.15, -0.1) is 11.3 Å². The number of aromatic amines is 1. The highest BCUT2D eigenvalue weighted by Crippen LogP contribution is 2.41. The second kappa shape index (κ2) is 7.46.